The standard InChI is InChI=1S/C15H26N4/c1-11(2)18(5)8-6-7-9-19-13(4)12(3)14(10-16)15(19)17/h11H,6-9,17H2,1-5H3. The molecule has 1 heterocycles. The topological polar surface area (TPSA) is 58.0 Å². The summed E-state index contributed by atoms with van der Waals surface area (Å²) in [6.45, 7) is 10.4. The third-order valence-corrected chi connectivity index (χ3v) is 4.01. The second-order valence-electron chi connectivity index (χ2n) is 5.52. The van der Waals surface area contributed by atoms with E-state index in [0.29, 0.717) is 17.4 Å². The van der Waals surface area contributed by atoms with Gasteiger partial charge >= 0.3 is 0 Å². The van der Waals surface area contributed by atoms with E-state index in [4.69, 9.17) is 11.0 Å². The molecule has 0 aliphatic rings. The van der Waals surface area contributed by atoms with E-state index >= 15 is 0 Å². The molecule has 0 unspecified atom stereocenters. The van der Waals surface area contributed by atoms with Gasteiger partial charge in [0.1, 0.15) is 11.9 Å². The lowest BCUT2D eigenvalue weighted by Crippen LogP contribution is -2.27. The fourth-order valence-electron chi connectivity index (χ4n) is 2.21. The number of rotatable bonds is 6. The number of anilines is 1. The molecule has 0 amide bonds. The lowest BCUT2D eigenvalue weighted by Gasteiger charge is -2.20. The first-order valence-corrected chi connectivity index (χ1v) is 6.95. The molecule has 0 bridgehead atoms. The zero-order valence-corrected chi connectivity index (χ0v) is 12.8. The Hall–Kier alpha value is -1.47. The summed E-state index contributed by atoms with van der Waals surface area (Å²) in [4.78, 5) is 2.35. The third kappa shape index (κ3) is 3.51. The smallest absolute Gasteiger partial charge is 0.122 e. The Bertz CT molecular complexity index is 465. The summed E-state index contributed by atoms with van der Waals surface area (Å²) in [5, 5.41) is 9.09. The van der Waals surface area contributed by atoms with E-state index < -0.39 is 0 Å². The van der Waals surface area contributed by atoms with Gasteiger partial charge < -0.3 is 15.2 Å². The summed E-state index contributed by atoms with van der Waals surface area (Å²) in [5.41, 5.74) is 8.80. The van der Waals surface area contributed by atoms with Crippen LogP contribution in [0.2, 0.25) is 0 Å². The highest BCUT2D eigenvalue weighted by molar-refractivity contribution is 5.57. The van der Waals surface area contributed by atoms with E-state index in [1.807, 2.05) is 13.8 Å². The number of hydrogen-bond acceptors (Lipinski definition) is 3. The number of hydrogen-bond donors (Lipinski definition) is 1. The monoisotopic (exact) mass is 262 g/mol. The minimum Gasteiger partial charge on any atom is -0.384 e. The van der Waals surface area contributed by atoms with Crippen LogP contribution in [0.15, 0.2) is 0 Å². The van der Waals surface area contributed by atoms with Crippen LogP contribution in [-0.4, -0.2) is 29.1 Å². The van der Waals surface area contributed by atoms with Crippen LogP contribution in [0.25, 0.3) is 0 Å². The average molecular weight is 262 g/mol. The highest BCUT2D eigenvalue weighted by Crippen LogP contribution is 2.23. The molecule has 1 rings (SSSR count). The number of nitrogens with zero attached hydrogens (tertiary/aromatic N) is 3. The first-order chi connectivity index (χ1) is 8.90. The predicted molar refractivity (Wildman–Crippen MR) is 80.0 cm³/mol. The van der Waals surface area contributed by atoms with Crippen LogP contribution in [0, 0.1) is 25.2 Å². The summed E-state index contributed by atoms with van der Waals surface area (Å²) in [7, 11) is 2.15. The molecule has 0 aromatic carbocycles. The van der Waals surface area contributed by atoms with Gasteiger partial charge in [-0.3, -0.25) is 0 Å². The van der Waals surface area contributed by atoms with Crippen LogP contribution < -0.4 is 5.73 Å². The van der Waals surface area contributed by atoms with Gasteiger partial charge in [-0.15, -0.1) is 0 Å². The Morgan fingerprint density at radius 3 is 2.42 bits per heavy atom. The number of nitrogens with two attached hydrogens (primary N) is 1. The van der Waals surface area contributed by atoms with Crippen LogP contribution in [-0.2, 0) is 6.54 Å². The lowest BCUT2D eigenvalue weighted by atomic mass is 10.2. The molecule has 4 heteroatoms. The molecule has 0 aliphatic heterocycles. The molecule has 2 N–H and O–H groups in total. The first kappa shape index (κ1) is 15.6. The second-order valence-corrected chi connectivity index (χ2v) is 5.52. The minimum absolute atomic E-state index is 0.589. The van der Waals surface area contributed by atoms with Crippen molar-refractivity contribution in [3.8, 4) is 6.07 Å². The van der Waals surface area contributed by atoms with Crippen molar-refractivity contribution in [2.75, 3.05) is 19.3 Å². The quantitative estimate of drug-likeness (QED) is 0.802. The summed E-state index contributed by atoms with van der Waals surface area (Å²) in [6, 6.07) is 2.78. The molecule has 0 spiro atoms. The van der Waals surface area contributed by atoms with E-state index in [1.54, 1.807) is 0 Å². The fourth-order valence-corrected chi connectivity index (χ4v) is 2.21. The van der Waals surface area contributed by atoms with Crippen molar-refractivity contribution in [1.82, 2.24) is 9.47 Å². The molecule has 1 aromatic heterocycles. The fraction of sp³-hybridized carbons (Fsp3) is 0.667. The second kappa shape index (κ2) is 6.63. The molecule has 0 fully saturated rings. The molecule has 4 nitrogen and oxygen atoms in total. The van der Waals surface area contributed by atoms with E-state index in [-0.39, 0.29) is 0 Å². The van der Waals surface area contributed by atoms with Crippen molar-refractivity contribution in [1.29, 1.82) is 5.26 Å². The SMILES string of the molecule is Cc1c(C#N)c(N)n(CCCCN(C)C(C)C)c1C. The van der Waals surface area contributed by atoms with Gasteiger partial charge in [0, 0.05) is 18.3 Å². The Labute approximate surface area is 116 Å². The Kier molecular flexibility index (Phi) is 5.44. The van der Waals surface area contributed by atoms with Crippen molar-refractivity contribution in [3.63, 3.8) is 0 Å². The Balaban J connectivity index is 2.58. The van der Waals surface area contributed by atoms with Gasteiger partial charge in [0.05, 0.1) is 5.56 Å². The van der Waals surface area contributed by atoms with Gasteiger partial charge in [-0.25, -0.2) is 0 Å². The maximum absolute atomic E-state index is 9.09. The zero-order valence-electron chi connectivity index (χ0n) is 12.8. The van der Waals surface area contributed by atoms with Gasteiger partial charge in [0.25, 0.3) is 0 Å². The molecule has 0 saturated heterocycles. The summed E-state index contributed by atoms with van der Waals surface area (Å²) < 4.78 is 2.07. The molecule has 1 aromatic rings. The van der Waals surface area contributed by atoms with E-state index in [2.05, 4.69) is 36.4 Å². The molecular weight excluding hydrogens is 236 g/mol. The van der Waals surface area contributed by atoms with Crippen LogP contribution >= 0.6 is 0 Å². The minimum atomic E-state index is 0.589. The molecule has 106 valence electrons. The molecule has 19 heavy (non-hydrogen) atoms. The van der Waals surface area contributed by atoms with Crippen LogP contribution in [0.5, 0.6) is 0 Å². The maximum Gasteiger partial charge on any atom is 0.122 e. The van der Waals surface area contributed by atoms with Crippen molar-refractivity contribution in [2.45, 2.75) is 53.1 Å². The number of nitrogen functional groups attached to an aromatic ring is 1. The van der Waals surface area contributed by atoms with Crippen LogP contribution in [0.3, 0.4) is 0 Å². The summed E-state index contributed by atoms with van der Waals surface area (Å²) in [6.07, 6.45) is 2.23. The highest BCUT2D eigenvalue weighted by atomic mass is 15.1. The Morgan fingerprint density at radius 1 is 1.32 bits per heavy atom. The summed E-state index contributed by atoms with van der Waals surface area (Å²) in [5.74, 6) is 0.620. The van der Waals surface area contributed by atoms with E-state index in [9.17, 15) is 0 Å². The van der Waals surface area contributed by atoms with Crippen molar-refractivity contribution in [3.05, 3.63) is 16.8 Å². The highest BCUT2D eigenvalue weighted by Gasteiger charge is 2.14. The number of aromatic nitrogens is 1. The number of unbranched alkanes of at least 4 members (excludes halogenated alkanes) is 1. The average Bonchev–Trinajstić information content (AvgIpc) is 2.57. The van der Waals surface area contributed by atoms with Crippen LogP contribution in [0.4, 0.5) is 5.82 Å². The summed E-state index contributed by atoms with van der Waals surface area (Å²) >= 11 is 0. The van der Waals surface area contributed by atoms with Gasteiger partial charge in [-0.2, -0.15) is 5.26 Å². The van der Waals surface area contributed by atoms with Crippen molar-refractivity contribution < 1.29 is 0 Å². The van der Waals surface area contributed by atoms with Gasteiger partial charge in [-0.1, -0.05) is 0 Å². The Morgan fingerprint density at radius 2 is 1.95 bits per heavy atom. The zero-order chi connectivity index (χ0) is 14.6. The van der Waals surface area contributed by atoms with Crippen LogP contribution in [0.1, 0.15) is 43.5 Å². The van der Waals surface area contributed by atoms with E-state index in [1.165, 1.54) is 0 Å². The molecule has 0 saturated carbocycles. The molecule has 0 aliphatic carbocycles. The van der Waals surface area contributed by atoms with Gasteiger partial charge in [0.2, 0.25) is 0 Å². The normalized spacial score (nSPS) is 11.3. The lowest BCUT2D eigenvalue weighted by molar-refractivity contribution is 0.266. The van der Waals surface area contributed by atoms with Crippen molar-refractivity contribution in [2.24, 2.45) is 0 Å². The van der Waals surface area contributed by atoms with Gasteiger partial charge in [-0.05, 0) is 59.7 Å². The number of nitriles is 1. The first-order valence-electron chi connectivity index (χ1n) is 6.95. The van der Waals surface area contributed by atoms with E-state index in [0.717, 1.165) is 37.2 Å². The largest absolute Gasteiger partial charge is 0.384 e. The molecule has 0 radical (unpaired) electrons. The molecule has 0 atom stereocenters. The maximum atomic E-state index is 9.09. The predicted octanol–water partition coefficient (Wildman–Crippen LogP) is 2.68. The molecular formula is C15H26N4. The van der Waals surface area contributed by atoms with Gasteiger partial charge in [0.15, 0.2) is 0 Å². The third-order valence-electron chi connectivity index (χ3n) is 4.01. The van der Waals surface area contributed by atoms with Crippen molar-refractivity contribution >= 4 is 5.82 Å².